The minimum Gasteiger partial charge on any atom is -0.381 e. The van der Waals surface area contributed by atoms with Crippen LogP contribution in [0.3, 0.4) is 0 Å². The Hall–Kier alpha value is 0.130. The SMILES string of the molecule is O=S(=O)(CC(Cl)CCl)Oc1ccc(Cl)cc1Cl. The maximum absolute atomic E-state index is 11.5. The molecule has 0 spiro atoms. The monoisotopic (exact) mass is 336 g/mol. The van der Waals surface area contributed by atoms with Gasteiger partial charge in [-0.25, -0.2) is 0 Å². The first-order valence-corrected chi connectivity index (χ1v) is 7.72. The highest BCUT2D eigenvalue weighted by Crippen LogP contribution is 2.28. The van der Waals surface area contributed by atoms with Crippen LogP contribution < -0.4 is 4.18 Å². The molecule has 0 bridgehead atoms. The fraction of sp³-hybridized carbons (Fsp3) is 0.333. The molecule has 0 heterocycles. The van der Waals surface area contributed by atoms with Gasteiger partial charge in [0, 0.05) is 10.9 Å². The highest BCUT2D eigenvalue weighted by Gasteiger charge is 2.20. The van der Waals surface area contributed by atoms with Crippen LogP contribution in [0.15, 0.2) is 18.2 Å². The second-order valence-corrected chi connectivity index (χ2v) is 6.52. The molecule has 3 nitrogen and oxygen atoms in total. The van der Waals surface area contributed by atoms with E-state index in [9.17, 15) is 8.42 Å². The van der Waals surface area contributed by atoms with Crippen LogP contribution in [0.4, 0.5) is 0 Å². The molecule has 1 rings (SSSR count). The molecule has 0 amide bonds. The molecule has 1 aromatic rings. The number of hydrogen-bond donors (Lipinski definition) is 0. The fourth-order valence-electron chi connectivity index (χ4n) is 0.980. The van der Waals surface area contributed by atoms with Crippen LogP contribution in [0.2, 0.25) is 10.0 Å². The average Bonchev–Trinajstić information content (AvgIpc) is 2.21. The summed E-state index contributed by atoms with van der Waals surface area (Å²) in [5.74, 6) is -0.371. The van der Waals surface area contributed by atoms with Crippen molar-refractivity contribution in [3.05, 3.63) is 28.2 Å². The Kier molecular flexibility index (Phi) is 5.67. The molecule has 0 N–H and O–H groups in total. The van der Waals surface area contributed by atoms with Crippen molar-refractivity contribution in [1.29, 1.82) is 0 Å². The standard InChI is InChI=1S/C9H8Cl4O3S/c10-4-7(12)5-17(14,15)16-9-2-1-6(11)3-8(9)13/h1-3,7H,4-5H2. The largest absolute Gasteiger partial charge is 0.381 e. The van der Waals surface area contributed by atoms with Crippen molar-refractivity contribution in [1.82, 2.24) is 0 Å². The molecule has 0 aromatic heterocycles. The second-order valence-electron chi connectivity index (χ2n) is 3.13. The molecule has 0 radical (unpaired) electrons. The molecule has 8 heteroatoms. The lowest BCUT2D eigenvalue weighted by Gasteiger charge is -2.10. The summed E-state index contributed by atoms with van der Waals surface area (Å²) in [6.07, 6.45) is 0. The third-order valence-electron chi connectivity index (χ3n) is 1.66. The van der Waals surface area contributed by atoms with E-state index in [4.69, 9.17) is 50.6 Å². The van der Waals surface area contributed by atoms with Gasteiger partial charge in [-0.15, -0.1) is 23.2 Å². The molecule has 0 aliphatic heterocycles. The van der Waals surface area contributed by atoms with Gasteiger partial charge >= 0.3 is 10.1 Å². The minimum atomic E-state index is -3.83. The van der Waals surface area contributed by atoms with Crippen molar-refractivity contribution in [3.8, 4) is 5.75 Å². The van der Waals surface area contributed by atoms with Gasteiger partial charge in [0.25, 0.3) is 0 Å². The van der Waals surface area contributed by atoms with Crippen LogP contribution >= 0.6 is 46.4 Å². The van der Waals surface area contributed by atoms with E-state index in [0.717, 1.165) is 0 Å². The number of rotatable bonds is 5. The van der Waals surface area contributed by atoms with E-state index in [0.29, 0.717) is 5.02 Å². The summed E-state index contributed by atoms with van der Waals surface area (Å²) in [7, 11) is -3.83. The van der Waals surface area contributed by atoms with E-state index < -0.39 is 21.2 Å². The highest BCUT2D eigenvalue weighted by molar-refractivity contribution is 7.87. The normalized spacial score (nSPS) is 13.4. The molecular weight excluding hydrogens is 330 g/mol. The van der Waals surface area contributed by atoms with Crippen LogP contribution in [0.1, 0.15) is 0 Å². The predicted octanol–water partition coefficient (Wildman–Crippen LogP) is 3.55. The molecule has 1 atom stereocenters. The molecule has 17 heavy (non-hydrogen) atoms. The lowest BCUT2D eigenvalue weighted by atomic mass is 10.3. The van der Waals surface area contributed by atoms with Crippen molar-refractivity contribution >= 4 is 56.5 Å². The molecule has 0 saturated heterocycles. The number of hydrogen-bond acceptors (Lipinski definition) is 3. The van der Waals surface area contributed by atoms with E-state index in [1.807, 2.05) is 0 Å². The smallest absolute Gasteiger partial charge is 0.310 e. The molecule has 0 fully saturated rings. The number of benzene rings is 1. The van der Waals surface area contributed by atoms with E-state index in [1.54, 1.807) is 0 Å². The first-order valence-electron chi connectivity index (χ1n) is 4.41. The fourth-order valence-corrected chi connectivity index (χ4v) is 3.22. The van der Waals surface area contributed by atoms with Crippen molar-refractivity contribution in [2.75, 3.05) is 11.6 Å². The van der Waals surface area contributed by atoms with Gasteiger partial charge in [0.05, 0.1) is 10.4 Å². The average molecular weight is 338 g/mol. The highest BCUT2D eigenvalue weighted by atomic mass is 35.5. The Balaban J connectivity index is 2.83. The van der Waals surface area contributed by atoms with Crippen molar-refractivity contribution in [2.24, 2.45) is 0 Å². The Morgan fingerprint density at radius 3 is 2.47 bits per heavy atom. The van der Waals surface area contributed by atoms with Gasteiger partial charge in [0.2, 0.25) is 0 Å². The first kappa shape index (κ1) is 15.2. The number of halogens is 4. The summed E-state index contributed by atoms with van der Waals surface area (Å²) in [6.45, 7) is 0. The van der Waals surface area contributed by atoms with Crippen LogP contribution in [-0.2, 0) is 10.1 Å². The van der Waals surface area contributed by atoms with Gasteiger partial charge in [-0.05, 0) is 18.2 Å². The summed E-state index contributed by atoms with van der Waals surface area (Å²) >= 11 is 22.5. The molecule has 1 aromatic carbocycles. The predicted molar refractivity (Wildman–Crippen MR) is 71.2 cm³/mol. The summed E-state index contributed by atoms with van der Waals surface area (Å²) in [5.41, 5.74) is 0. The third kappa shape index (κ3) is 5.10. The van der Waals surface area contributed by atoms with Gasteiger partial charge in [0.1, 0.15) is 5.75 Å². The van der Waals surface area contributed by atoms with Crippen LogP contribution in [0.25, 0.3) is 0 Å². The molecular formula is C9H8Cl4O3S. The van der Waals surface area contributed by atoms with Gasteiger partial charge in [-0.2, -0.15) is 8.42 Å². The van der Waals surface area contributed by atoms with Gasteiger partial charge in [-0.3, -0.25) is 0 Å². The van der Waals surface area contributed by atoms with Crippen LogP contribution in [-0.4, -0.2) is 25.4 Å². The summed E-state index contributed by atoms with van der Waals surface area (Å²) in [6, 6.07) is 4.22. The number of alkyl halides is 2. The zero-order valence-corrected chi connectivity index (χ0v) is 12.2. The van der Waals surface area contributed by atoms with E-state index >= 15 is 0 Å². The van der Waals surface area contributed by atoms with E-state index in [1.165, 1.54) is 18.2 Å². The first-order chi connectivity index (χ1) is 7.84. The van der Waals surface area contributed by atoms with Gasteiger partial charge < -0.3 is 4.18 Å². The second kappa shape index (κ2) is 6.34. The zero-order chi connectivity index (χ0) is 13.1. The molecule has 1 unspecified atom stereocenters. The van der Waals surface area contributed by atoms with E-state index in [-0.39, 0.29) is 16.7 Å². The maximum Gasteiger partial charge on any atom is 0.310 e. The molecule has 0 aliphatic carbocycles. The van der Waals surface area contributed by atoms with Crippen molar-refractivity contribution < 1.29 is 12.6 Å². The zero-order valence-electron chi connectivity index (χ0n) is 8.37. The van der Waals surface area contributed by atoms with Crippen molar-refractivity contribution in [2.45, 2.75) is 5.38 Å². The van der Waals surface area contributed by atoms with Crippen LogP contribution in [0, 0.1) is 0 Å². The summed E-state index contributed by atoms with van der Waals surface area (Å²) in [5, 5.41) is -0.221. The lowest BCUT2D eigenvalue weighted by Crippen LogP contribution is -2.22. The molecule has 96 valence electrons. The maximum atomic E-state index is 11.5. The Morgan fingerprint density at radius 2 is 1.94 bits per heavy atom. The van der Waals surface area contributed by atoms with Gasteiger partial charge in [0.15, 0.2) is 5.75 Å². The Morgan fingerprint density at radius 1 is 1.29 bits per heavy atom. The lowest BCUT2D eigenvalue weighted by molar-refractivity contribution is 0.485. The molecule has 0 aliphatic rings. The third-order valence-corrected chi connectivity index (χ3v) is 4.46. The van der Waals surface area contributed by atoms with E-state index in [2.05, 4.69) is 0 Å². The quantitative estimate of drug-likeness (QED) is 0.609. The van der Waals surface area contributed by atoms with Crippen LogP contribution in [0.5, 0.6) is 5.75 Å². The topological polar surface area (TPSA) is 43.4 Å². The minimum absolute atomic E-state index is 0.00880. The van der Waals surface area contributed by atoms with Crippen molar-refractivity contribution in [3.63, 3.8) is 0 Å². The van der Waals surface area contributed by atoms with Gasteiger partial charge in [-0.1, -0.05) is 23.2 Å². The molecule has 0 saturated carbocycles. The Bertz CT molecular complexity index is 489. The Labute approximate surface area is 120 Å². The summed E-state index contributed by atoms with van der Waals surface area (Å²) < 4.78 is 27.9. The summed E-state index contributed by atoms with van der Waals surface area (Å²) in [4.78, 5) is 0.